The summed E-state index contributed by atoms with van der Waals surface area (Å²) < 4.78 is 6.28. The lowest BCUT2D eigenvalue weighted by Gasteiger charge is -2.36. The number of hydrogen-bond donors (Lipinski definition) is 0. The Hall–Kier alpha value is -1.39. The molecule has 4 nitrogen and oxygen atoms in total. The molecule has 2 heterocycles. The van der Waals surface area contributed by atoms with Gasteiger partial charge in [-0.05, 0) is 51.1 Å². The molecule has 0 spiro atoms. The highest BCUT2D eigenvalue weighted by Gasteiger charge is 2.26. The number of amides is 1. The fraction of sp³-hybridized carbons (Fsp3) is 0.667. The first-order valence-electron chi connectivity index (χ1n) is 9.86. The zero-order valence-corrected chi connectivity index (χ0v) is 15.5. The maximum absolute atomic E-state index is 12.4. The number of rotatable bonds is 6. The fourth-order valence-corrected chi connectivity index (χ4v) is 3.88. The molecular formula is C21H32N2O2. The van der Waals surface area contributed by atoms with Gasteiger partial charge in [0.15, 0.2) is 0 Å². The van der Waals surface area contributed by atoms with E-state index >= 15 is 0 Å². The number of carbonyl (C=O) groups is 1. The van der Waals surface area contributed by atoms with Crippen LogP contribution in [0.25, 0.3) is 0 Å². The van der Waals surface area contributed by atoms with E-state index < -0.39 is 0 Å². The summed E-state index contributed by atoms with van der Waals surface area (Å²) in [6.45, 7) is 4.01. The van der Waals surface area contributed by atoms with Gasteiger partial charge in [0, 0.05) is 32.6 Å². The van der Waals surface area contributed by atoms with Crippen LogP contribution in [0.1, 0.15) is 44.1 Å². The second-order valence-corrected chi connectivity index (χ2v) is 7.56. The maximum atomic E-state index is 12.4. The molecule has 0 atom stereocenters. The monoisotopic (exact) mass is 344 g/mol. The van der Waals surface area contributed by atoms with Gasteiger partial charge in [0.25, 0.3) is 0 Å². The van der Waals surface area contributed by atoms with Crippen LogP contribution >= 0.6 is 0 Å². The predicted octanol–water partition coefficient (Wildman–Crippen LogP) is 3.11. The summed E-state index contributed by atoms with van der Waals surface area (Å²) in [5.74, 6) is 0.314. The topological polar surface area (TPSA) is 32.8 Å². The van der Waals surface area contributed by atoms with E-state index in [1.54, 1.807) is 0 Å². The van der Waals surface area contributed by atoms with Crippen molar-refractivity contribution in [3.05, 3.63) is 35.9 Å². The quantitative estimate of drug-likeness (QED) is 0.795. The minimum atomic E-state index is 0.314. The summed E-state index contributed by atoms with van der Waals surface area (Å²) in [5, 5.41) is 0. The van der Waals surface area contributed by atoms with Crippen LogP contribution in [-0.2, 0) is 16.0 Å². The molecule has 0 aromatic heterocycles. The van der Waals surface area contributed by atoms with E-state index in [9.17, 15) is 4.79 Å². The third-order valence-corrected chi connectivity index (χ3v) is 5.54. The lowest BCUT2D eigenvalue weighted by molar-refractivity contribution is -0.135. The number of nitrogens with zero attached hydrogens (tertiary/aromatic N) is 2. The summed E-state index contributed by atoms with van der Waals surface area (Å²) in [6.07, 6.45) is 7.65. The van der Waals surface area contributed by atoms with Crippen molar-refractivity contribution in [2.75, 3.05) is 33.2 Å². The highest BCUT2D eigenvalue weighted by atomic mass is 16.5. The number of ether oxygens (including phenoxy) is 1. The van der Waals surface area contributed by atoms with E-state index in [1.807, 2.05) is 11.0 Å². The number of carbonyl (C=O) groups excluding carboxylic acids is 1. The highest BCUT2D eigenvalue weighted by Crippen LogP contribution is 2.21. The SMILES string of the molecule is CN1CCC(OC2CCN(C(=O)CCCc3ccccc3)CC2)CC1. The van der Waals surface area contributed by atoms with E-state index in [0.717, 1.165) is 64.7 Å². The van der Waals surface area contributed by atoms with Crippen molar-refractivity contribution in [1.29, 1.82) is 0 Å². The van der Waals surface area contributed by atoms with Gasteiger partial charge in [0.05, 0.1) is 12.2 Å². The van der Waals surface area contributed by atoms with Gasteiger partial charge in [0.2, 0.25) is 5.91 Å². The van der Waals surface area contributed by atoms with Crippen molar-refractivity contribution >= 4 is 5.91 Å². The van der Waals surface area contributed by atoms with Crippen LogP contribution in [0.15, 0.2) is 30.3 Å². The second-order valence-electron chi connectivity index (χ2n) is 7.56. The van der Waals surface area contributed by atoms with Crippen molar-refractivity contribution in [2.45, 2.75) is 57.2 Å². The van der Waals surface area contributed by atoms with Crippen molar-refractivity contribution in [2.24, 2.45) is 0 Å². The molecule has 25 heavy (non-hydrogen) atoms. The summed E-state index contributed by atoms with van der Waals surface area (Å²) in [5.41, 5.74) is 1.32. The van der Waals surface area contributed by atoms with Gasteiger partial charge in [-0.25, -0.2) is 0 Å². The number of piperidine rings is 2. The molecule has 0 aliphatic carbocycles. The number of likely N-dealkylation sites (tertiary alicyclic amines) is 2. The highest BCUT2D eigenvalue weighted by molar-refractivity contribution is 5.76. The summed E-state index contributed by atoms with van der Waals surface area (Å²) in [7, 11) is 2.18. The molecule has 2 saturated heterocycles. The summed E-state index contributed by atoms with van der Waals surface area (Å²) in [4.78, 5) is 16.8. The van der Waals surface area contributed by atoms with Gasteiger partial charge < -0.3 is 14.5 Å². The van der Waals surface area contributed by atoms with Crippen LogP contribution < -0.4 is 0 Å². The average Bonchev–Trinajstić information content (AvgIpc) is 2.65. The number of hydrogen-bond acceptors (Lipinski definition) is 3. The van der Waals surface area contributed by atoms with Gasteiger partial charge in [0.1, 0.15) is 0 Å². The van der Waals surface area contributed by atoms with E-state index in [0.29, 0.717) is 24.5 Å². The first-order chi connectivity index (χ1) is 12.2. The molecule has 3 rings (SSSR count). The standard InChI is InChI=1S/C21H32N2O2/c1-22-14-10-19(11-15-22)25-20-12-16-23(17-13-20)21(24)9-5-8-18-6-3-2-4-7-18/h2-4,6-7,19-20H,5,8-17H2,1H3. The van der Waals surface area contributed by atoms with Crippen LogP contribution in [0.5, 0.6) is 0 Å². The van der Waals surface area contributed by atoms with Gasteiger partial charge in [-0.3, -0.25) is 4.79 Å². The van der Waals surface area contributed by atoms with Gasteiger partial charge in [-0.1, -0.05) is 30.3 Å². The van der Waals surface area contributed by atoms with Crippen LogP contribution in [0.2, 0.25) is 0 Å². The Balaban J connectivity index is 1.32. The van der Waals surface area contributed by atoms with Gasteiger partial charge in [-0.2, -0.15) is 0 Å². The Labute approximate surface area is 152 Å². The van der Waals surface area contributed by atoms with Crippen LogP contribution in [0.4, 0.5) is 0 Å². The van der Waals surface area contributed by atoms with Crippen molar-refractivity contribution in [3.8, 4) is 0 Å². The largest absolute Gasteiger partial charge is 0.375 e. The molecule has 0 saturated carbocycles. The van der Waals surface area contributed by atoms with Crippen molar-refractivity contribution in [3.63, 3.8) is 0 Å². The van der Waals surface area contributed by atoms with Crippen LogP contribution in [-0.4, -0.2) is 61.1 Å². The van der Waals surface area contributed by atoms with E-state index in [4.69, 9.17) is 4.74 Å². The zero-order valence-electron chi connectivity index (χ0n) is 15.5. The molecule has 2 fully saturated rings. The predicted molar refractivity (Wildman–Crippen MR) is 101 cm³/mol. The molecule has 1 aromatic carbocycles. The molecule has 2 aliphatic rings. The molecule has 4 heteroatoms. The molecule has 138 valence electrons. The first-order valence-corrected chi connectivity index (χ1v) is 9.86. The molecule has 1 aromatic rings. The van der Waals surface area contributed by atoms with Crippen LogP contribution in [0.3, 0.4) is 0 Å². The summed E-state index contributed by atoms with van der Waals surface area (Å²) in [6, 6.07) is 10.4. The minimum Gasteiger partial charge on any atom is -0.375 e. The Bertz CT molecular complexity index is 518. The van der Waals surface area contributed by atoms with Crippen LogP contribution in [0, 0.1) is 0 Å². The first kappa shape index (κ1) is 18.4. The fourth-order valence-electron chi connectivity index (χ4n) is 3.88. The number of aryl methyl sites for hydroxylation is 1. The van der Waals surface area contributed by atoms with E-state index in [2.05, 4.69) is 36.2 Å². The zero-order chi connectivity index (χ0) is 17.5. The minimum absolute atomic E-state index is 0.314. The lowest BCUT2D eigenvalue weighted by atomic mass is 10.0. The third kappa shape index (κ3) is 5.82. The molecule has 2 aliphatic heterocycles. The summed E-state index contributed by atoms with van der Waals surface area (Å²) >= 11 is 0. The van der Waals surface area contributed by atoms with E-state index in [-0.39, 0.29) is 0 Å². The maximum Gasteiger partial charge on any atom is 0.222 e. The second kappa shape index (κ2) is 9.35. The molecular weight excluding hydrogens is 312 g/mol. The van der Waals surface area contributed by atoms with Gasteiger partial charge >= 0.3 is 0 Å². The average molecular weight is 344 g/mol. The Morgan fingerprint density at radius 1 is 1.00 bits per heavy atom. The smallest absolute Gasteiger partial charge is 0.222 e. The Kier molecular flexibility index (Phi) is 6.88. The van der Waals surface area contributed by atoms with E-state index in [1.165, 1.54) is 5.56 Å². The van der Waals surface area contributed by atoms with Crippen molar-refractivity contribution < 1.29 is 9.53 Å². The molecule has 0 bridgehead atoms. The van der Waals surface area contributed by atoms with Crippen molar-refractivity contribution in [1.82, 2.24) is 9.80 Å². The molecule has 0 unspecified atom stereocenters. The molecule has 1 amide bonds. The number of benzene rings is 1. The normalized spacial score (nSPS) is 20.8. The third-order valence-electron chi connectivity index (χ3n) is 5.54. The van der Waals surface area contributed by atoms with Gasteiger partial charge in [-0.15, -0.1) is 0 Å². The Morgan fingerprint density at radius 2 is 1.60 bits per heavy atom. The lowest BCUT2D eigenvalue weighted by Crippen LogP contribution is -2.43. The Morgan fingerprint density at radius 3 is 2.24 bits per heavy atom. The molecule has 0 N–H and O–H groups in total. The molecule has 0 radical (unpaired) electrons.